The van der Waals surface area contributed by atoms with Gasteiger partial charge in [-0.2, -0.15) is 0 Å². The van der Waals surface area contributed by atoms with Gasteiger partial charge in [-0.15, -0.1) is 11.3 Å². The van der Waals surface area contributed by atoms with Crippen LogP contribution in [0.1, 0.15) is 23.3 Å². The second-order valence-corrected chi connectivity index (χ2v) is 9.18. The van der Waals surface area contributed by atoms with E-state index in [0.29, 0.717) is 30.9 Å². The fraction of sp³-hybridized carbons (Fsp3) is 0.435. The van der Waals surface area contributed by atoms with Crippen LogP contribution in [0.5, 0.6) is 5.75 Å². The van der Waals surface area contributed by atoms with Gasteiger partial charge in [0.25, 0.3) is 0 Å². The Morgan fingerprint density at radius 2 is 1.97 bits per heavy atom. The summed E-state index contributed by atoms with van der Waals surface area (Å²) in [5.74, 6) is -0.149. The molecule has 8 heteroatoms. The number of carbonyl (C=O) groups is 3. The summed E-state index contributed by atoms with van der Waals surface area (Å²) in [5.41, 5.74) is -0.589. The van der Waals surface area contributed by atoms with Crippen LogP contribution in [-0.4, -0.2) is 73.8 Å². The first-order chi connectivity index (χ1) is 14.8. The number of imide groups is 1. The molecule has 3 amide bonds. The van der Waals surface area contributed by atoms with E-state index in [1.807, 2.05) is 36.5 Å². The molecular formula is C23H29N3O4S. The summed E-state index contributed by atoms with van der Waals surface area (Å²) in [5, 5.41) is 1.97. The number of rotatable bonds is 9. The number of hydrogen-bond acceptors (Lipinski definition) is 6. The predicted octanol–water partition coefficient (Wildman–Crippen LogP) is 2.36. The number of likely N-dealkylation sites (N-methyl/N-ethyl adjacent to an activating group) is 1. The second-order valence-electron chi connectivity index (χ2n) is 8.15. The average Bonchev–Trinajstić information content (AvgIpc) is 3.33. The van der Waals surface area contributed by atoms with Crippen LogP contribution in [0.15, 0.2) is 41.8 Å². The van der Waals surface area contributed by atoms with E-state index in [0.717, 1.165) is 4.88 Å². The molecule has 3 rings (SSSR count). The normalized spacial score (nSPS) is 18.7. The lowest BCUT2D eigenvalue weighted by Gasteiger charge is -2.29. The molecule has 1 unspecified atom stereocenters. The molecule has 1 aromatic heterocycles. The SMILES string of the molecule is COc1cccc(C2(CC(=O)N(C)Cc3cccs3)CC(=O)N(CCN(C)C)C2=O)c1. The first-order valence-corrected chi connectivity index (χ1v) is 11.0. The Morgan fingerprint density at radius 1 is 1.19 bits per heavy atom. The monoisotopic (exact) mass is 443 g/mol. The van der Waals surface area contributed by atoms with Gasteiger partial charge in [0, 0.05) is 37.9 Å². The number of methoxy groups -OCH3 is 1. The van der Waals surface area contributed by atoms with Crippen LogP contribution in [0.2, 0.25) is 0 Å². The van der Waals surface area contributed by atoms with Crippen molar-refractivity contribution in [3.05, 3.63) is 52.2 Å². The van der Waals surface area contributed by atoms with Crippen molar-refractivity contribution in [1.82, 2.24) is 14.7 Å². The highest BCUT2D eigenvalue weighted by Gasteiger charge is 2.54. The molecular weight excluding hydrogens is 414 g/mol. The van der Waals surface area contributed by atoms with Crippen LogP contribution < -0.4 is 4.74 Å². The third-order valence-corrected chi connectivity index (χ3v) is 6.51. The molecule has 2 heterocycles. The minimum Gasteiger partial charge on any atom is -0.497 e. The summed E-state index contributed by atoms with van der Waals surface area (Å²) in [7, 11) is 7.07. The predicted molar refractivity (Wildman–Crippen MR) is 120 cm³/mol. The van der Waals surface area contributed by atoms with Crippen molar-refractivity contribution in [3.63, 3.8) is 0 Å². The molecule has 31 heavy (non-hydrogen) atoms. The van der Waals surface area contributed by atoms with E-state index in [-0.39, 0.29) is 30.6 Å². The minimum absolute atomic E-state index is 0.0228. The van der Waals surface area contributed by atoms with Gasteiger partial charge in [-0.1, -0.05) is 18.2 Å². The van der Waals surface area contributed by atoms with Crippen LogP contribution >= 0.6 is 11.3 Å². The van der Waals surface area contributed by atoms with Crippen LogP contribution in [-0.2, 0) is 26.3 Å². The number of carbonyl (C=O) groups excluding carboxylic acids is 3. The summed E-state index contributed by atoms with van der Waals surface area (Å²) in [6.45, 7) is 1.34. The number of likely N-dealkylation sites (tertiary alicyclic amines) is 1. The largest absolute Gasteiger partial charge is 0.497 e. The van der Waals surface area contributed by atoms with E-state index in [4.69, 9.17) is 4.74 Å². The van der Waals surface area contributed by atoms with Gasteiger partial charge in [0.15, 0.2) is 0 Å². The fourth-order valence-electron chi connectivity index (χ4n) is 3.83. The van der Waals surface area contributed by atoms with Crippen LogP contribution in [0, 0.1) is 0 Å². The molecule has 2 aromatic rings. The van der Waals surface area contributed by atoms with Gasteiger partial charge >= 0.3 is 0 Å². The van der Waals surface area contributed by atoms with E-state index in [1.54, 1.807) is 54.7 Å². The number of nitrogens with zero attached hydrogens (tertiary/aromatic N) is 3. The summed E-state index contributed by atoms with van der Waals surface area (Å²) in [6, 6.07) is 11.0. The molecule has 166 valence electrons. The van der Waals surface area contributed by atoms with Crippen molar-refractivity contribution in [2.45, 2.75) is 24.8 Å². The maximum atomic E-state index is 13.6. The van der Waals surface area contributed by atoms with Gasteiger partial charge in [0.05, 0.1) is 19.1 Å². The van der Waals surface area contributed by atoms with Crippen molar-refractivity contribution >= 4 is 29.1 Å². The summed E-state index contributed by atoms with van der Waals surface area (Å²) < 4.78 is 5.34. The quantitative estimate of drug-likeness (QED) is 0.557. The van der Waals surface area contributed by atoms with Gasteiger partial charge in [0.1, 0.15) is 5.75 Å². The molecule has 0 radical (unpaired) electrons. The van der Waals surface area contributed by atoms with Crippen molar-refractivity contribution in [2.75, 3.05) is 41.3 Å². The molecule has 0 N–H and O–H groups in total. The zero-order valence-electron chi connectivity index (χ0n) is 18.5. The van der Waals surface area contributed by atoms with E-state index in [9.17, 15) is 14.4 Å². The first kappa shape index (κ1) is 23.0. The van der Waals surface area contributed by atoms with Gasteiger partial charge < -0.3 is 14.5 Å². The van der Waals surface area contributed by atoms with Crippen LogP contribution in [0.4, 0.5) is 0 Å². The lowest BCUT2D eigenvalue weighted by molar-refractivity contribution is -0.142. The van der Waals surface area contributed by atoms with E-state index in [2.05, 4.69) is 0 Å². The van der Waals surface area contributed by atoms with Gasteiger partial charge in [-0.05, 0) is 43.2 Å². The minimum atomic E-state index is -1.22. The molecule has 1 aliphatic rings. The molecule has 1 aromatic carbocycles. The standard InChI is InChI=1S/C23H29N3O4S/c1-24(2)10-11-26-21(28)15-23(22(26)29,17-7-5-8-18(13-17)30-4)14-20(27)25(3)16-19-9-6-12-31-19/h5-9,12-13H,10-11,14-16H2,1-4H3. The molecule has 1 saturated heterocycles. The summed E-state index contributed by atoms with van der Waals surface area (Å²) in [6.07, 6.45) is -0.0872. The fourth-order valence-corrected chi connectivity index (χ4v) is 4.59. The molecule has 0 bridgehead atoms. The Morgan fingerprint density at radius 3 is 2.61 bits per heavy atom. The Bertz CT molecular complexity index is 944. The topological polar surface area (TPSA) is 70.2 Å². The Labute approximate surface area is 187 Å². The number of amides is 3. The first-order valence-electron chi connectivity index (χ1n) is 10.2. The van der Waals surface area contributed by atoms with Crippen molar-refractivity contribution < 1.29 is 19.1 Å². The maximum Gasteiger partial charge on any atom is 0.240 e. The molecule has 0 aliphatic carbocycles. The lowest BCUT2D eigenvalue weighted by Crippen LogP contribution is -2.44. The zero-order chi connectivity index (χ0) is 22.6. The third kappa shape index (κ3) is 4.97. The second kappa shape index (κ2) is 9.62. The number of hydrogen-bond donors (Lipinski definition) is 0. The molecule has 1 fully saturated rings. The van der Waals surface area contributed by atoms with Crippen LogP contribution in [0.25, 0.3) is 0 Å². The molecule has 0 spiro atoms. The highest BCUT2D eigenvalue weighted by atomic mass is 32.1. The van der Waals surface area contributed by atoms with E-state index in [1.165, 1.54) is 4.90 Å². The molecule has 1 aliphatic heterocycles. The van der Waals surface area contributed by atoms with Gasteiger partial charge in [0.2, 0.25) is 17.7 Å². The zero-order valence-corrected chi connectivity index (χ0v) is 19.3. The third-order valence-electron chi connectivity index (χ3n) is 5.65. The average molecular weight is 444 g/mol. The van der Waals surface area contributed by atoms with Crippen molar-refractivity contribution in [2.24, 2.45) is 0 Å². The number of ether oxygens (including phenoxy) is 1. The molecule has 7 nitrogen and oxygen atoms in total. The Hall–Kier alpha value is -2.71. The number of thiophene rings is 1. The molecule has 1 atom stereocenters. The summed E-state index contributed by atoms with van der Waals surface area (Å²) >= 11 is 1.58. The van der Waals surface area contributed by atoms with Crippen molar-refractivity contribution in [1.29, 1.82) is 0 Å². The Balaban J connectivity index is 1.92. The van der Waals surface area contributed by atoms with E-state index < -0.39 is 5.41 Å². The maximum absolute atomic E-state index is 13.6. The highest BCUT2D eigenvalue weighted by Crippen LogP contribution is 2.41. The van der Waals surface area contributed by atoms with Gasteiger partial charge in [-0.25, -0.2) is 0 Å². The lowest BCUT2D eigenvalue weighted by atomic mass is 9.75. The highest BCUT2D eigenvalue weighted by molar-refractivity contribution is 7.09. The molecule has 0 saturated carbocycles. The van der Waals surface area contributed by atoms with Crippen molar-refractivity contribution in [3.8, 4) is 5.75 Å². The smallest absolute Gasteiger partial charge is 0.240 e. The van der Waals surface area contributed by atoms with Crippen LogP contribution in [0.3, 0.4) is 0 Å². The van der Waals surface area contributed by atoms with Gasteiger partial charge in [-0.3, -0.25) is 19.3 Å². The number of benzene rings is 1. The summed E-state index contributed by atoms with van der Waals surface area (Å²) in [4.78, 5) is 45.6. The van der Waals surface area contributed by atoms with E-state index >= 15 is 0 Å². The Kier molecular flexibility index (Phi) is 7.12.